The van der Waals surface area contributed by atoms with Crippen LogP contribution in [0.4, 0.5) is 0 Å². The van der Waals surface area contributed by atoms with Crippen molar-refractivity contribution in [3.05, 3.63) is 0 Å². The number of ether oxygens (including phenoxy) is 1. The van der Waals surface area contributed by atoms with E-state index >= 15 is 0 Å². The van der Waals surface area contributed by atoms with Crippen LogP contribution in [0, 0.1) is 5.92 Å². The Morgan fingerprint density at radius 2 is 2.12 bits per heavy atom. The highest BCUT2D eigenvalue weighted by Crippen LogP contribution is 2.24. The predicted molar refractivity (Wildman–Crippen MR) is 68.5 cm³/mol. The van der Waals surface area contributed by atoms with Gasteiger partial charge in [0.1, 0.15) is 0 Å². The third-order valence-corrected chi connectivity index (χ3v) is 3.97. The van der Waals surface area contributed by atoms with Crippen LogP contribution in [0.2, 0.25) is 0 Å². The van der Waals surface area contributed by atoms with E-state index in [1.807, 2.05) is 0 Å². The van der Waals surface area contributed by atoms with Crippen LogP contribution in [-0.2, 0) is 4.74 Å². The van der Waals surface area contributed by atoms with Crippen LogP contribution >= 0.6 is 0 Å². The predicted octanol–water partition coefficient (Wildman–Crippen LogP) is 1.91. The molecule has 1 saturated heterocycles. The quantitative estimate of drug-likeness (QED) is 0.730. The van der Waals surface area contributed by atoms with E-state index in [1.54, 1.807) is 0 Å². The first-order chi connectivity index (χ1) is 7.65. The standard InChI is InChI=1S/C13H28N2O/c1-4-12(5-2)9-15-13(10-14)6-7-16-11(3)8-13/h11-12,15H,4-10,14H2,1-3H3. The Kier molecular flexibility index (Phi) is 5.73. The monoisotopic (exact) mass is 228 g/mol. The fraction of sp³-hybridized carbons (Fsp3) is 1.00. The minimum absolute atomic E-state index is 0.125. The van der Waals surface area contributed by atoms with Crippen LogP contribution in [0.5, 0.6) is 0 Å². The summed E-state index contributed by atoms with van der Waals surface area (Å²) in [4.78, 5) is 0. The topological polar surface area (TPSA) is 47.3 Å². The molecule has 0 saturated carbocycles. The van der Waals surface area contributed by atoms with Crippen molar-refractivity contribution in [3.63, 3.8) is 0 Å². The van der Waals surface area contributed by atoms with Gasteiger partial charge in [-0.25, -0.2) is 0 Å². The molecule has 0 amide bonds. The molecule has 3 heteroatoms. The lowest BCUT2D eigenvalue weighted by Gasteiger charge is -2.41. The summed E-state index contributed by atoms with van der Waals surface area (Å²) in [5.41, 5.74) is 6.08. The molecule has 3 nitrogen and oxygen atoms in total. The molecule has 0 aromatic rings. The minimum atomic E-state index is 0.125. The third-order valence-electron chi connectivity index (χ3n) is 3.97. The van der Waals surface area contributed by atoms with E-state index in [4.69, 9.17) is 10.5 Å². The molecule has 0 aromatic heterocycles. The summed E-state index contributed by atoms with van der Waals surface area (Å²) >= 11 is 0. The largest absolute Gasteiger partial charge is 0.378 e. The molecule has 0 bridgehead atoms. The first-order valence-electron chi connectivity index (χ1n) is 6.72. The molecule has 0 aromatic carbocycles. The van der Waals surface area contributed by atoms with Gasteiger partial charge >= 0.3 is 0 Å². The van der Waals surface area contributed by atoms with Gasteiger partial charge in [0, 0.05) is 18.7 Å². The van der Waals surface area contributed by atoms with Gasteiger partial charge in [-0.15, -0.1) is 0 Å². The maximum absolute atomic E-state index is 5.95. The molecule has 16 heavy (non-hydrogen) atoms. The summed E-state index contributed by atoms with van der Waals surface area (Å²) in [5.74, 6) is 0.779. The maximum atomic E-state index is 5.95. The van der Waals surface area contributed by atoms with Crippen molar-refractivity contribution in [3.8, 4) is 0 Å². The summed E-state index contributed by atoms with van der Waals surface area (Å²) in [5, 5.41) is 3.71. The lowest BCUT2D eigenvalue weighted by Crippen LogP contribution is -2.57. The normalized spacial score (nSPS) is 30.9. The van der Waals surface area contributed by atoms with Crippen molar-refractivity contribution in [1.82, 2.24) is 5.32 Å². The zero-order valence-electron chi connectivity index (χ0n) is 11.1. The van der Waals surface area contributed by atoms with E-state index in [1.165, 1.54) is 12.8 Å². The fourth-order valence-electron chi connectivity index (χ4n) is 2.52. The second kappa shape index (κ2) is 6.58. The summed E-state index contributed by atoms with van der Waals surface area (Å²) < 4.78 is 5.60. The molecule has 0 aliphatic carbocycles. The van der Waals surface area contributed by atoms with Gasteiger partial charge in [0.05, 0.1) is 6.10 Å². The smallest absolute Gasteiger partial charge is 0.0565 e. The van der Waals surface area contributed by atoms with Gasteiger partial charge in [0.2, 0.25) is 0 Å². The Balaban J connectivity index is 2.46. The lowest BCUT2D eigenvalue weighted by atomic mass is 9.86. The van der Waals surface area contributed by atoms with E-state index in [0.29, 0.717) is 6.10 Å². The average Bonchev–Trinajstić information content (AvgIpc) is 2.30. The summed E-state index contributed by atoms with van der Waals surface area (Å²) in [6.45, 7) is 9.32. The minimum Gasteiger partial charge on any atom is -0.378 e. The lowest BCUT2D eigenvalue weighted by molar-refractivity contribution is -0.0172. The second-order valence-corrected chi connectivity index (χ2v) is 5.18. The van der Waals surface area contributed by atoms with Gasteiger partial charge in [-0.1, -0.05) is 26.7 Å². The van der Waals surface area contributed by atoms with Crippen molar-refractivity contribution in [2.75, 3.05) is 19.7 Å². The number of nitrogens with one attached hydrogen (secondary N) is 1. The number of hydrogen-bond donors (Lipinski definition) is 2. The first kappa shape index (κ1) is 13.9. The Morgan fingerprint density at radius 1 is 1.44 bits per heavy atom. The molecular weight excluding hydrogens is 200 g/mol. The van der Waals surface area contributed by atoms with Crippen LogP contribution in [0.1, 0.15) is 46.5 Å². The molecule has 2 atom stereocenters. The van der Waals surface area contributed by atoms with E-state index in [9.17, 15) is 0 Å². The Hall–Kier alpha value is -0.120. The van der Waals surface area contributed by atoms with Crippen molar-refractivity contribution >= 4 is 0 Å². The van der Waals surface area contributed by atoms with Gasteiger partial charge in [-0.05, 0) is 32.2 Å². The highest BCUT2D eigenvalue weighted by atomic mass is 16.5. The zero-order valence-corrected chi connectivity index (χ0v) is 11.1. The third kappa shape index (κ3) is 3.72. The number of nitrogens with two attached hydrogens (primary N) is 1. The van der Waals surface area contributed by atoms with Crippen molar-refractivity contribution < 1.29 is 4.74 Å². The maximum Gasteiger partial charge on any atom is 0.0565 e. The number of rotatable bonds is 6. The molecule has 96 valence electrons. The van der Waals surface area contributed by atoms with E-state index < -0.39 is 0 Å². The molecule has 0 radical (unpaired) electrons. The van der Waals surface area contributed by atoms with Gasteiger partial charge in [-0.2, -0.15) is 0 Å². The number of hydrogen-bond acceptors (Lipinski definition) is 3. The van der Waals surface area contributed by atoms with Gasteiger partial charge in [0.25, 0.3) is 0 Å². The van der Waals surface area contributed by atoms with Crippen LogP contribution in [0.3, 0.4) is 0 Å². The highest BCUT2D eigenvalue weighted by molar-refractivity contribution is 4.93. The van der Waals surface area contributed by atoms with Gasteiger partial charge < -0.3 is 15.8 Å². The van der Waals surface area contributed by atoms with Crippen molar-refractivity contribution in [1.29, 1.82) is 0 Å². The first-order valence-corrected chi connectivity index (χ1v) is 6.72. The van der Waals surface area contributed by atoms with E-state index in [2.05, 4.69) is 26.1 Å². The average molecular weight is 228 g/mol. The van der Waals surface area contributed by atoms with Crippen molar-refractivity contribution in [2.45, 2.75) is 58.1 Å². The highest BCUT2D eigenvalue weighted by Gasteiger charge is 2.34. The van der Waals surface area contributed by atoms with Gasteiger partial charge in [0.15, 0.2) is 0 Å². The summed E-state index contributed by atoms with van der Waals surface area (Å²) in [6.07, 6.45) is 4.93. The van der Waals surface area contributed by atoms with Gasteiger partial charge in [-0.3, -0.25) is 0 Å². The summed E-state index contributed by atoms with van der Waals surface area (Å²) in [6, 6.07) is 0. The van der Waals surface area contributed by atoms with Crippen LogP contribution < -0.4 is 11.1 Å². The molecule has 1 aliphatic rings. The SMILES string of the molecule is CCC(CC)CNC1(CN)CCOC(C)C1. The molecule has 3 N–H and O–H groups in total. The second-order valence-electron chi connectivity index (χ2n) is 5.18. The van der Waals surface area contributed by atoms with Crippen LogP contribution in [0.15, 0.2) is 0 Å². The molecule has 1 rings (SSSR count). The summed E-state index contributed by atoms with van der Waals surface area (Å²) in [7, 11) is 0. The van der Waals surface area contributed by atoms with E-state index in [-0.39, 0.29) is 5.54 Å². The van der Waals surface area contributed by atoms with E-state index in [0.717, 1.165) is 38.5 Å². The molecule has 2 unspecified atom stereocenters. The van der Waals surface area contributed by atoms with Crippen molar-refractivity contribution in [2.24, 2.45) is 11.7 Å². The Bertz CT molecular complexity index is 194. The zero-order chi connectivity index (χ0) is 12.0. The molecule has 1 aliphatic heterocycles. The Morgan fingerprint density at radius 3 is 2.62 bits per heavy atom. The molecule has 1 heterocycles. The Labute approximate surface area is 100 Å². The fourth-order valence-corrected chi connectivity index (χ4v) is 2.52. The molecular formula is C13H28N2O. The van der Waals surface area contributed by atoms with Crippen LogP contribution in [0.25, 0.3) is 0 Å². The molecule has 1 fully saturated rings. The van der Waals surface area contributed by atoms with Crippen LogP contribution in [-0.4, -0.2) is 31.3 Å². The molecule has 0 spiro atoms.